The number of sulfonamides is 1. The first-order valence-electron chi connectivity index (χ1n) is 6.75. The van der Waals surface area contributed by atoms with Crippen molar-refractivity contribution in [2.24, 2.45) is 0 Å². The summed E-state index contributed by atoms with van der Waals surface area (Å²) < 4.78 is 27.0. The number of aromatic amines is 2. The highest BCUT2D eigenvalue weighted by molar-refractivity contribution is 7.89. The normalized spacial score (nSPS) is 15.4. The SMILES string of the molecule is O=S(=O)(NCCc1ncn[nH]1)c1[nH]ncc1CNC1CC1. The van der Waals surface area contributed by atoms with Gasteiger partial charge in [0.2, 0.25) is 0 Å². The van der Waals surface area contributed by atoms with Crippen LogP contribution in [0.25, 0.3) is 0 Å². The van der Waals surface area contributed by atoms with Gasteiger partial charge in [0.1, 0.15) is 12.2 Å². The summed E-state index contributed by atoms with van der Waals surface area (Å²) in [5.41, 5.74) is 0.647. The molecule has 21 heavy (non-hydrogen) atoms. The van der Waals surface area contributed by atoms with E-state index in [2.05, 4.69) is 35.4 Å². The maximum atomic E-state index is 12.2. The smallest absolute Gasteiger partial charge is 0.257 e. The second-order valence-electron chi connectivity index (χ2n) is 4.96. The van der Waals surface area contributed by atoms with E-state index >= 15 is 0 Å². The van der Waals surface area contributed by atoms with E-state index in [0.29, 0.717) is 30.4 Å². The van der Waals surface area contributed by atoms with Crippen LogP contribution in [-0.4, -0.2) is 46.4 Å². The van der Waals surface area contributed by atoms with Crippen molar-refractivity contribution in [1.29, 1.82) is 0 Å². The minimum atomic E-state index is -3.60. The van der Waals surface area contributed by atoms with E-state index in [9.17, 15) is 8.42 Å². The molecule has 4 N–H and O–H groups in total. The lowest BCUT2D eigenvalue weighted by atomic mass is 10.3. The molecule has 1 aliphatic carbocycles. The van der Waals surface area contributed by atoms with Gasteiger partial charge in [0, 0.05) is 31.1 Å². The van der Waals surface area contributed by atoms with Crippen LogP contribution in [0.3, 0.4) is 0 Å². The summed E-state index contributed by atoms with van der Waals surface area (Å²) in [6.45, 7) is 0.742. The van der Waals surface area contributed by atoms with Crippen molar-refractivity contribution in [3.8, 4) is 0 Å². The summed E-state index contributed by atoms with van der Waals surface area (Å²) in [4.78, 5) is 3.94. The fourth-order valence-electron chi connectivity index (χ4n) is 1.93. The summed E-state index contributed by atoms with van der Waals surface area (Å²) in [5.74, 6) is 0.637. The molecule has 0 bridgehead atoms. The Hall–Kier alpha value is -1.78. The van der Waals surface area contributed by atoms with Crippen molar-refractivity contribution in [1.82, 2.24) is 35.4 Å². The average molecular weight is 311 g/mol. The van der Waals surface area contributed by atoms with Crippen LogP contribution in [0.15, 0.2) is 17.6 Å². The molecule has 10 heteroatoms. The molecule has 0 atom stereocenters. The van der Waals surface area contributed by atoms with Gasteiger partial charge in [0.15, 0.2) is 5.03 Å². The molecule has 2 aromatic heterocycles. The summed E-state index contributed by atoms with van der Waals surface area (Å²) in [6.07, 6.45) is 5.68. The lowest BCUT2D eigenvalue weighted by Gasteiger charge is -2.07. The zero-order chi connectivity index (χ0) is 14.7. The van der Waals surface area contributed by atoms with Gasteiger partial charge < -0.3 is 5.32 Å². The first-order chi connectivity index (χ1) is 10.1. The molecule has 1 fully saturated rings. The highest BCUT2D eigenvalue weighted by Gasteiger charge is 2.24. The number of H-pyrrole nitrogens is 2. The minimum absolute atomic E-state index is 0.119. The third-order valence-corrected chi connectivity index (χ3v) is 4.70. The average Bonchev–Trinajstić information content (AvgIpc) is 2.93. The Morgan fingerprint density at radius 2 is 2.14 bits per heavy atom. The largest absolute Gasteiger partial charge is 0.310 e. The third-order valence-electron chi connectivity index (χ3n) is 3.22. The molecule has 114 valence electrons. The van der Waals surface area contributed by atoms with Crippen molar-refractivity contribution in [2.45, 2.75) is 36.9 Å². The van der Waals surface area contributed by atoms with Crippen molar-refractivity contribution >= 4 is 10.0 Å². The van der Waals surface area contributed by atoms with Crippen molar-refractivity contribution in [2.75, 3.05) is 6.54 Å². The summed E-state index contributed by atoms with van der Waals surface area (Å²) in [5, 5.41) is 16.2. The fourth-order valence-corrected chi connectivity index (χ4v) is 3.08. The third kappa shape index (κ3) is 3.65. The predicted octanol–water partition coefficient (Wildman–Crippen LogP) is -0.699. The number of aromatic nitrogens is 5. The predicted molar refractivity (Wildman–Crippen MR) is 73.7 cm³/mol. The Morgan fingerprint density at radius 3 is 2.86 bits per heavy atom. The summed E-state index contributed by atoms with van der Waals surface area (Å²) in [7, 11) is -3.60. The molecule has 9 nitrogen and oxygen atoms in total. The lowest BCUT2D eigenvalue weighted by molar-refractivity contribution is 0.573. The molecular weight excluding hydrogens is 294 g/mol. The topological polar surface area (TPSA) is 128 Å². The molecular formula is C11H17N7O2S. The van der Waals surface area contributed by atoms with E-state index in [-0.39, 0.29) is 11.6 Å². The molecule has 0 unspecified atom stereocenters. The Balaban J connectivity index is 1.59. The Kier molecular flexibility index (Phi) is 3.99. The zero-order valence-electron chi connectivity index (χ0n) is 11.3. The number of nitrogens with zero attached hydrogens (tertiary/aromatic N) is 3. The monoisotopic (exact) mass is 311 g/mol. The summed E-state index contributed by atoms with van der Waals surface area (Å²) in [6, 6.07) is 0.509. The second kappa shape index (κ2) is 5.92. The van der Waals surface area contributed by atoms with Gasteiger partial charge in [-0.2, -0.15) is 10.2 Å². The van der Waals surface area contributed by atoms with Crippen LogP contribution in [0.2, 0.25) is 0 Å². The van der Waals surface area contributed by atoms with Crippen LogP contribution in [0.4, 0.5) is 0 Å². The molecule has 0 amide bonds. The van der Waals surface area contributed by atoms with Crippen LogP contribution in [0.5, 0.6) is 0 Å². The Bertz CT molecular complexity index is 675. The van der Waals surface area contributed by atoms with E-state index in [4.69, 9.17) is 0 Å². The van der Waals surface area contributed by atoms with Gasteiger partial charge in [-0.25, -0.2) is 18.1 Å². The Labute approximate surface area is 122 Å². The second-order valence-corrected chi connectivity index (χ2v) is 6.66. The minimum Gasteiger partial charge on any atom is -0.310 e. The van der Waals surface area contributed by atoms with Crippen molar-refractivity contribution < 1.29 is 8.42 Å². The van der Waals surface area contributed by atoms with E-state index in [0.717, 1.165) is 12.8 Å². The van der Waals surface area contributed by atoms with Crippen LogP contribution in [-0.2, 0) is 23.0 Å². The quantitative estimate of drug-likeness (QED) is 0.510. The number of hydrogen-bond acceptors (Lipinski definition) is 6. The van der Waals surface area contributed by atoms with Gasteiger partial charge in [-0.15, -0.1) is 0 Å². The van der Waals surface area contributed by atoms with E-state index < -0.39 is 10.0 Å². The van der Waals surface area contributed by atoms with Gasteiger partial charge in [0.25, 0.3) is 10.0 Å². The molecule has 0 aromatic carbocycles. The van der Waals surface area contributed by atoms with Crippen LogP contribution in [0.1, 0.15) is 24.2 Å². The van der Waals surface area contributed by atoms with Crippen LogP contribution >= 0.6 is 0 Å². The molecule has 2 aromatic rings. The van der Waals surface area contributed by atoms with Gasteiger partial charge in [-0.3, -0.25) is 10.2 Å². The standard InChI is InChI=1S/C11H17N7O2S/c19-21(20,16-4-3-10-13-7-15-17-10)11-8(6-14-18-11)5-12-9-1-2-9/h6-7,9,12,16H,1-5H2,(H,14,18)(H,13,15,17). The van der Waals surface area contributed by atoms with Gasteiger partial charge >= 0.3 is 0 Å². The molecule has 0 radical (unpaired) electrons. The molecule has 0 saturated heterocycles. The lowest BCUT2D eigenvalue weighted by Crippen LogP contribution is -2.28. The zero-order valence-corrected chi connectivity index (χ0v) is 12.2. The maximum Gasteiger partial charge on any atom is 0.257 e. The fraction of sp³-hybridized carbons (Fsp3) is 0.545. The van der Waals surface area contributed by atoms with Crippen molar-refractivity contribution in [3.63, 3.8) is 0 Å². The maximum absolute atomic E-state index is 12.2. The number of hydrogen-bond donors (Lipinski definition) is 4. The van der Waals surface area contributed by atoms with Crippen molar-refractivity contribution in [3.05, 3.63) is 23.9 Å². The van der Waals surface area contributed by atoms with E-state index in [1.807, 2.05) is 0 Å². The first-order valence-corrected chi connectivity index (χ1v) is 8.23. The van der Waals surface area contributed by atoms with Gasteiger partial charge in [-0.05, 0) is 12.8 Å². The van der Waals surface area contributed by atoms with Gasteiger partial charge in [0.05, 0.1) is 6.20 Å². The number of nitrogens with one attached hydrogen (secondary N) is 4. The molecule has 1 saturated carbocycles. The van der Waals surface area contributed by atoms with Crippen LogP contribution < -0.4 is 10.0 Å². The highest BCUT2D eigenvalue weighted by atomic mass is 32.2. The molecule has 2 heterocycles. The highest BCUT2D eigenvalue weighted by Crippen LogP contribution is 2.20. The molecule has 1 aliphatic rings. The summed E-state index contributed by atoms with van der Waals surface area (Å²) >= 11 is 0. The molecule has 0 aliphatic heterocycles. The number of rotatable bonds is 8. The molecule has 3 rings (SSSR count). The van der Waals surface area contributed by atoms with E-state index in [1.165, 1.54) is 6.33 Å². The van der Waals surface area contributed by atoms with Crippen LogP contribution in [0, 0.1) is 0 Å². The first kappa shape index (κ1) is 14.2. The molecule has 0 spiro atoms. The van der Waals surface area contributed by atoms with E-state index in [1.54, 1.807) is 6.20 Å². The van der Waals surface area contributed by atoms with Gasteiger partial charge in [-0.1, -0.05) is 0 Å². The Morgan fingerprint density at radius 1 is 1.29 bits per heavy atom.